The molecular formula is C25H33FO6. The Morgan fingerprint density at radius 1 is 1.28 bits per heavy atom. The summed E-state index contributed by atoms with van der Waals surface area (Å²) in [6.45, 7) is 6.43. The summed E-state index contributed by atoms with van der Waals surface area (Å²) >= 11 is 0. The molecule has 1 unspecified atom stereocenters. The minimum absolute atomic E-state index is 0.0835. The molecule has 6 nitrogen and oxygen atoms in total. The van der Waals surface area contributed by atoms with Crippen LogP contribution in [0.25, 0.3) is 0 Å². The molecule has 0 amide bonds. The molecule has 0 aromatic heterocycles. The fourth-order valence-electron chi connectivity index (χ4n) is 7.89. The summed E-state index contributed by atoms with van der Waals surface area (Å²) in [6, 6.07) is 0. The Morgan fingerprint density at radius 3 is 2.59 bits per heavy atom. The maximum atomic E-state index is 15.5. The van der Waals surface area contributed by atoms with Crippen molar-refractivity contribution in [1.82, 2.24) is 0 Å². The van der Waals surface area contributed by atoms with Crippen molar-refractivity contribution < 1.29 is 33.7 Å². The first-order valence-electron chi connectivity index (χ1n) is 11.6. The van der Waals surface area contributed by atoms with Crippen LogP contribution in [-0.4, -0.2) is 52.2 Å². The van der Waals surface area contributed by atoms with Crippen molar-refractivity contribution in [3.63, 3.8) is 0 Å². The molecule has 0 radical (unpaired) electrons. The molecule has 4 rings (SSSR count). The number of fused-ring (bicyclic) bond motifs is 5. The van der Waals surface area contributed by atoms with Crippen molar-refractivity contribution in [2.24, 2.45) is 34.5 Å². The smallest absolute Gasteiger partial charge is 0.306 e. The highest BCUT2D eigenvalue weighted by Crippen LogP contribution is 2.69. The van der Waals surface area contributed by atoms with E-state index in [-0.39, 0.29) is 48.7 Å². The summed E-state index contributed by atoms with van der Waals surface area (Å²) in [7, 11) is 0. The van der Waals surface area contributed by atoms with Crippen LogP contribution in [0.4, 0.5) is 4.39 Å². The highest BCUT2D eigenvalue weighted by molar-refractivity contribution is 6.01. The third-order valence-electron chi connectivity index (χ3n) is 9.14. The molecule has 0 aromatic carbocycles. The number of hydrogen-bond acceptors (Lipinski definition) is 6. The quantitative estimate of drug-likeness (QED) is 0.642. The molecule has 3 fully saturated rings. The molecule has 0 spiro atoms. The van der Waals surface area contributed by atoms with Gasteiger partial charge in [0.25, 0.3) is 0 Å². The molecule has 0 saturated heterocycles. The number of hydrogen-bond donors (Lipinski definition) is 2. The monoisotopic (exact) mass is 448 g/mol. The first kappa shape index (κ1) is 23.3. The van der Waals surface area contributed by atoms with E-state index < -0.39 is 47.1 Å². The van der Waals surface area contributed by atoms with Crippen molar-refractivity contribution in [2.75, 3.05) is 6.61 Å². The van der Waals surface area contributed by atoms with Gasteiger partial charge in [0.15, 0.2) is 11.4 Å². The highest BCUT2D eigenvalue weighted by atomic mass is 19.1. The van der Waals surface area contributed by atoms with Crippen molar-refractivity contribution in [3.8, 4) is 0 Å². The van der Waals surface area contributed by atoms with Crippen LogP contribution in [0.1, 0.15) is 53.4 Å². The lowest BCUT2D eigenvalue weighted by molar-refractivity contribution is -0.206. The molecule has 0 aliphatic heterocycles. The number of allylic oxidation sites excluding steroid dienone is 4. The Balaban J connectivity index is 1.83. The molecule has 0 bridgehead atoms. The van der Waals surface area contributed by atoms with E-state index in [1.807, 2.05) is 20.8 Å². The molecular weight excluding hydrogens is 415 g/mol. The van der Waals surface area contributed by atoms with Crippen LogP contribution in [0.5, 0.6) is 0 Å². The summed E-state index contributed by atoms with van der Waals surface area (Å²) in [4.78, 5) is 37.5. The number of aliphatic hydroxyl groups is 2. The normalized spacial score (nSPS) is 47.2. The minimum atomic E-state index is -1.56. The number of rotatable bonds is 4. The van der Waals surface area contributed by atoms with Crippen LogP contribution in [0.3, 0.4) is 0 Å². The number of Topliss-reactive ketones (excluding diaryl/α,β-unsaturated/α-hetero) is 1. The van der Waals surface area contributed by atoms with Crippen molar-refractivity contribution in [2.45, 2.75) is 71.3 Å². The van der Waals surface area contributed by atoms with Gasteiger partial charge in [0.1, 0.15) is 12.8 Å². The second-order valence-electron chi connectivity index (χ2n) is 10.6. The molecule has 2 N–H and O–H groups in total. The standard InChI is InChI=1S/C25H33FO6/c1-5-21(31)32-25(20(30)12-27)13(2)8-16-15-10-18(26)17-9-14(28)6-7-23(17,3)22(15)19(29)11-24(16,25)4/h6-7,9,13,15-16,18-19,22,27,29H,5,8,10-12H2,1-4H3/t13-,15+,16+,18+,19?,22-,23+,24+,25+/m1/s1. The molecule has 4 aliphatic carbocycles. The van der Waals surface area contributed by atoms with E-state index in [0.717, 1.165) is 0 Å². The summed E-state index contributed by atoms with van der Waals surface area (Å²) < 4.78 is 21.3. The Hall–Kier alpha value is -1.86. The molecule has 7 heteroatoms. The average Bonchev–Trinajstić information content (AvgIpc) is 2.95. The van der Waals surface area contributed by atoms with Gasteiger partial charge in [0, 0.05) is 29.1 Å². The third-order valence-corrected chi connectivity index (χ3v) is 9.14. The molecule has 4 aliphatic rings. The van der Waals surface area contributed by atoms with Gasteiger partial charge in [0.05, 0.1) is 6.10 Å². The van der Waals surface area contributed by atoms with Crippen LogP contribution in [0.2, 0.25) is 0 Å². The van der Waals surface area contributed by atoms with Gasteiger partial charge >= 0.3 is 5.97 Å². The largest absolute Gasteiger partial charge is 0.450 e. The molecule has 3 saturated carbocycles. The van der Waals surface area contributed by atoms with E-state index >= 15 is 4.39 Å². The number of esters is 1. The Bertz CT molecular complexity index is 910. The third kappa shape index (κ3) is 2.86. The zero-order chi connectivity index (χ0) is 23.6. The Labute approximate surface area is 187 Å². The predicted octanol–water partition coefficient (Wildman–Crippen LogP) is 2.71. The van der Waals surface area contributed by atoms with Gasteiger partial charge in [-0.2, -0.15) is 0 Å². The molecule has 0 aromatic rings. The van der Waals surface area contributed by atoms with Crippen LogP contribution in [-0.2, 0) is 19.1 Å². The van der Waals surface area contributed by atoms with Gasteiger partial charge in [-0.1, -0.05) is 33.8 Å². The Kier molecular flexibility index (Phi) is 5.53. The maximum Gasteiger partial charge on any atom is 0.306 e. The molecule has 32 heavy (non-hydrogen) atoms. The number of carbonyl (C=O) groups excluding carboxylic acids is 3. The predicted molar refractivity (Wildman–Crippen MR) is 114 cm³/mol. The Morgan fingerprint density at radius 2 is 1.97 bits per heavy atom. The second-order valence-corrected chi connectivity index (χ2v) is 10.6. The summed E-state index contributed by atoms with van der Waals surface area (Å²) in [5.41, 5.74) is -2.89. The van der Waals surface area contributed by atoms with E-state index in [0.29, 0.717) is 12.0 Å². The van der Waals surface area contributed by atoms with Crippen molar-refractivity contribution in [3.05, 3.63) is 23.8 Å². The zero-order valence-electron chi connectivity index (χ0n) is 19.1. The number of ether oxygens (including phenoxy) is 1. The van der Waals surface area contributed by atoms with Gasteiger partial charge in [0.2, 0.25) is 5.78 Å². The molecule has 176 valence electrons. The first-order chi connectivity index (χ1) is 15.0. The van der Waals surface area contributed by atoms with E-state index in [9.17, 15) is 24.6 Å². The lowest BCUT2D eigenvalue weighted by Crippen LogP contribution is -2.64. The fourth-order valence-corrected chi connectivity index (χ4v) is 7.89. The zero-order valence-corrected chi connectivity index (χ0v) is 19.1. The number of carbonyl (C=O) groups is 3. The highest BCUT2D eigenvalue weighted by Gasteiger charge is 2.73. The number of halogens is 1. The maximum absolute atomic E-state index is 15.5. The van der Waals surface area contributed by atoms with Gasteiger partial charge in [-0.3, -0.25) is 14.4 Å². The van der Waals surface area contributed by atoms with Crippen LogP contribution in [0.15, 0.2) is 23.8 Å². The van der Waals surface area contributed by atoms with Crippen molar-refractivity contribution in [1.29, 1.82) is 0 Å². The number of alkyl halides is 1. The average molecular weight is 449 g/mol. The van der Waals surface area contributed by atoms with Gasteiger partial charge in [-0.15, -0.1) is 0 Å². The first-order valence-corrected chi connectivity index (χ1v) is 11.6. The lowest BCUT2D eigenvalue weighted by atomic mass is 9.46. The minimum Gasteiger partial charge on any atom is -0.450 e. The lowest BCUT2D eigenvalue weighted by Gasteiger charge is -2.60. The molecule has 9 atom stereocenters. The number of ketones is 2. The van der Waals surface area contributed by atoms with Crippen LogP contribution in [0, 0.1) is 34.5 Å². The summed E-state index contributed by atoms with van der Waals surface area (Å²) in [6.07, 6.45) is 3.24. The van der Waals surface area contributed by atoms with Gasteiger partial charge in [-0.05, 0) is 48.8 Å². The van der Waals surface area contributed by atoms with E-state index in [1.54, 1.807) is 13.0 Å². The van der Waals surface area contributed by atoms with Crippen LogP contribution >= 0.6 is 0 Å². The molecule has 0 heterocycles. The van der Waals surface area contributed by atoms with Gasteiger partial charge in [-0.25, -0.2) is 4.39 Å². The number of aliphatic hydroxyl groups excluding tert-OH is 2. The van der Waals surface area contributed by atoms with Crippen LogP contribution < -0.4 is 0 Å². The fraction of sp³-hybridized carbons (Fsp3) is 0.720. The second kappa shape index (κ2) is 7.59. The van der Waals surface area contributed by atoms with Gasteiger partial charge < -0.3 is 14.9 Å². The van der Waals surface area contributed by atoms with E-state index in [1.165, 1.54) is 12.2 Å². The van der Waals surface area contributed by atoms with E-state index in [4.69, 9.17) is 4.74 Å². The summed E-state index contributed by atoms with van der Waals surface area (Å²) in [5.74, 6) is -2.51. The van der Waals surface area contributed by atoms with E-state index in [2.05, 4.69) is 0 Å². The van der Waals surface area contributed by atoms with Crippen molar-refractivity contribution >= 4 is 17.5 Å². The SMILES string of the molecule is CCC(=O)O[C@]1(C(=O)CO)[C@H](C)C[C@H]2[C@@H]3C[C@H](F)C4=CC(=O)C=C[C@]4(C)[C@H]3C(O)C[C@@]21C. The summed E-state index contributed by atoms with van der Waals surface area (Å²) in [5, 5.41) is 21.3. The topological polar surface area (TPSA) is 101 Å².